The van der Waals surface area contributed by atoms with Crippen LogP contribution in [0.3, 0.4) is 0 Å². The van der Waals surface area contributed by atoms with Gasteiger partial charge in [-0.15, -0.1) is 0 Å². The number of nitrogens with one attached hydrogen (secondary N) is 1. The smallest absolute Gasteiger partial charge is 0.213 e. The summed E-state index contributed by atoms with van der Waals surface area (Å²) in [7, 11) is 6.04. The predicted octanol–water partition coefficient (Wildman–Crippen LogP) is 2.08. The highest BCUT2D eigenvalue weighted by molar-refractivity contribution is 5.20. The summed E-state index contributed by atoms with van der Waals surface area (Å²) in [6.07, 6.45) is 1.86. The minimum Gasteiger partial charge on any atom is -0.476 e. The highest BCUT2D eigenvalue weighted by Gasteiger charge is 2.21. The Hall–Kier alpha value is -1.13. The Balaban J connectivity index is 2.59. The first-order valence-corrected chi connectivity index (χ1v) is 6.30. The SMILES string of the molecule is CNC(C)c1ccc(OCC(C)(C)N(C)C)nc1. The standard InChI is InChI=1S/C14H25N3O/c1-11(15-4)12-7-8-13(16-9-12)18-10-14(2,3)17(5)6/h7-9,11,15H,10H2,1-6H3. The third kappa shape index (κ3) is 3.96. The fraction of sp³-hybridized carbons (Fsp3) is 0.643. The molecule has 0 bridgehead atoms. The van der Waals surface area contributed by atoms with Crippen molar-refractivity contribution in [3.8, 4) is 5.88 Å². The molecule has 102 valence electrons. The number of nitrogens with zero attached hydrogens (tertiary/aromatic N) is 2. The van der Waals surface area contributed by atoms with E-state index in [2.05, 4.69) is 50.1 Å². The summed E-state index contributed by atoms with van der Waals surface area (Å²) >= 11 is 0. The van der Waals surface area contributed by atoms with Crippen molar-refractivity contribution >= 4 is 0 Å². The van der Waals surface area contributed by atoms with E-state index in [1.165, 1.54) is 0 Å². The molecule has 1 N–H and O–H groups in total. The minimum absolute atomic E-state index is 0.00137. The lowest BCUT2D eigenvalue weighted by Crippen LogP contribution is -2.43. The molecule has 0 saturated carbocycles. The van der Waals surface area contributed by atoms with Gasteiger partial charge in [0, 0.05) is 23.8 Å². The van der Waals surface area contributed by atoms with Crippen molar-refractivity contribution in [1.29, 1.82) is 0 Å². The van der Waals surface area contributed by atoms with Crippen molar-refractivity contribution in [2.45, 2.75) is 32.4 Å². The van der Waals surface area contributed by atoms with E-state index in [1.807, 2.05) is 25.4 Å². The van der Waals surface area contributed by atoms with E-state index >= 15 is 0 Å². The van der Waals surface area contributed by atoms with Crippen LogP contribution in [0.15, 0.2) is 18.3 Å². The van der Waals surface area contributed by atoms with Gasteiger partial charge in [0.15, 0.2) is 0 Å². The topological polar surface area (TPSA) is 37.4 Å². The van der Waals surface area contributed by atoms with Crippen LogP contribution in [-0.4, -0.2) is 43.2 Å². The van der Waals surface area contributed by atoms with Crippen molar-refractivity contribution in [1.82, 2.24) is 15.2 Å². The van der Waals surface area contributed by atoms with Crippen LogP contribution >= 0.6 is 0 Å². The second-order valence-electron chi connectivity index (χ2n) is 5.44. The number of hydrogen-bond acceptors (Lipinski definition) is 4. The van der Waals surface area contributed by atoms with E-state index in [1.54, 1.807) is 0 Å². The van der Waals surface area contributed by atoms with Crippen LogP contribution in [0, 0.1) is 0 Å². The van der Waals surface area contributed by atoms with Crippen LogP contribution in [-0.2, 0) is 0 Å². The molecule has 1 rings (SSSR count). The van der Waals surface area contributed by atoms with Gasteiger partial charge in [0.25, 0.3) is 0 Å². The third-order valence-corrected chi connectivity index (χ3v) is 3.48. The summed E-state index contributed by atoms with van der Waals surface area (Å²) in [5.41, 5.74) is 1.16. The Kier molecular flexibility index (Phi) is 5.11. The van der Waals surface area contributed by atoms with Crippen molar-refractivity contribution in [2.24, 2.45) is 0 Å². The zero-order chi connectivity index (χ0) is 13.8. The normalized spacial score (nSPS) is 13.7. The summed E-state index contributed by atoms with van der Waals surface area (Å²) in [6, 6.07) is 4.28. The molecule has 1 aromatic heterocycles. The molecule has 0 fully saturated rings. The molecule has 1 aromatic rings. The second kappa shape index (κ2) is 6.16. The zero-order valence-corrected chi connectivity index (χ0v) is 12.3. The second-order valence-corrected chi connectivity index (χ2v) is 5.44. The average Bonchev–Trinajstić information content (AvgIpc) is 2.36. The van der Waals surface area contributed by atoms with E-state index in [-0.39, 0.29) is 5.54 Å². The van der Waals surface area contributed by atoms with Crippen LogP contribution in [0.25, 0.3) is 0 Å². The number of hydrogen-bond donors (Lipinski definition) is 1. The lowest BCUT2D eigenvalue weighted by molar-refractivity contribution is 0.111. The van der Waals surface area contributed by atoms with Crippen LogP contribution < -0.4 is 10.1 Å². The summed E-state index contributed by atoms with van der Waals surface area (Å²) in [5, 5.41) is 3.18. The Morgan fingerprint density at radius 1 is 1.39 bits per heavy atom. The number of pyridine rings is 1. The summed E-state index contributed by atoms with van der Waals surface area (Å²) in [4.78, 5) is 6.47. The van der Waals surface area contributed by atoms with Crippen molar-refractivity contribution in [2.75, 3.05) is 27.7 Å². The van der Waals surface area contributed by atoms with Crippen molar-refractivity contribution in [3.63, 3.8) is 0 Å². The Bertz CT molecular complexity index is 360. The monoisotopic (exact) mass is 251 g/mol. The summed E-state index contributed by atoms with van der Waals surface area (Å²) < 4.78 is 5.73. The van der Waals surface area contributed by atoms with Gasteiger partial charge in [-0.25, -0.2) is 4.98 Å². The maximum Gasteiger partial charge on any atom is 0.213 e. The fourth-order valence-electron chi connectivity index (χ4n) is 1.28. The summed E-state index contributed by atoms with van der Waals surface area (Å²) in [6.45, 7) is 7.01. The Morgan fingerprint density at radius 2 is 2.06 bits per heavy atom. The first-order chi connectivity index (χ1) is 8.36. The quantitative estimate of drug-likeness (QED) is 0.840. The third-order valence-electron chi connectivity index (χ3n) is 3.48. The van der Waals surface area contributed by atoms with Gasteiger partial charge in [0.1, 0.15) is 6.61 Å². The largest absolute Gasteiger partial charge is 0.476 e. The van der Waals surface area contributed by atoms with Crippen LogP contribution in [0.1, 0.15) is 32.4 Å². The van der Waals surface area contributed by atoms with E-state index < -0.39 is 0 Å². The number of aromatic nitrogens is 1. The average molecular weight is 251 g/mol. The molecule has 4 heteroatoms. The van der Waals surface area contributed by atoms with Gasteiger partial charge in [-0.2, -0.15) is 0 Å². The molecule has 0 spiro atoms. The number of likely N-dealkylation sites (N-methyl/N-ethyl adjacent to an activating group) is 1. The lowest BCUT2D eigenvalue weighted by atomic mass is 10.1. The maximum atomic E-state index is 5.73. The van der Waals surface area contributed by atoms with Crippen LogP contribution in [0.2, 0.25) is 0 Å². The van der Waals surface area contributed by atoms with Gasteiger partial charge in [0.2, 0.25) is 5.88 Å². The van der Waals surface area contributed by atoms with Gasteiger partial charge in [0.05, 0.1) is 0 Å². The zero-order valence-electron chi connectivity index (χ0n) is 12.3. The molecule has 4 nitrogen and oxygen atoms in total. The van der Waals surface area contributed by atoms with E-state index in [0.717, 1.165) is 5.56 Å². The van der Waals surface area contributed by atoms with E-state index in [9.17, 15) is 0 Å². The molecule has 0 saturated heterocycles. The molecular formula is C14H25N3O. The fourth-order valence-corrected chi connectivity index (χ4v) is 1.28. The molecule has 0 aliphatic rings. The van der Waals surface area contributed by atoms with Gasteiger partial charge >= 0.3 is 0 Å². The summed E-state index contributed by atoms with van der Waals surface area (Å²) in [5.74, 6) is 0.678. The molecule has 1 unspecified atom stereocenters. The highest BCUT2D eigenvalue weighted by Crippen LogP contribution is 2.16. The minimum atomic E-state index is -0.00137. The van der Waals surface area contributed by atoms with Crippen LogP contribution in [0.4, 0.5) is 0 Å². The highest BCUT2D eigenvalue weighted by atomic mass is 16.5. The van der Waals surface area contributed by atoms with Gasteiger partial charge in [-0.3, -0.25) is 0 Å². The lowest BCUT2D eigenvalue weighted by Gasteiger charge is -2.31. The number of ether oxygens (including phenoxy) is 1. The molecule has 1 heterocycles. The van der Waals surface area contributed by atoms with Gasteiger partial charge < -0.3 is 15.0 Å². The predicted molar refractivity (Wildman–Crippen MR) is 75.0 cm³/mol. The molecule has 0 aromatic carbocycles. The molecule has 1 atom stereocenters. The molecular weight excluding hydrogens is 226 g/mol. The van der Waals surface area contributed by atoms with E-state index in [0.29, 0.717) is 18.5 Å². The van der Waals surface area contributed by atoms with Gasteiger partial charge in [-0.1, -0.05) is 6.07 Å². The van der Waals surface area contributed by atoms with Crippen molar-refractivity contribution < 1.29 is 4.74 Å². The molecule has 0 aliphatic carbocycles. The van der Waals surface area contributed by atoms with Crippen LogP contribution in [0.5, 0.6) is 5.88 Å². The van der Waals surface area contributed by atoms with Crippen molar-refractivity contribution in [3.05, 3.63) is 23.9 Å². The Labute approximate surface area is 110 Å². The maximum absolute atomic E-state index is 5.73. The Morgan fingerprint density at radius 3 is 2.50 bits per heavy atom. The number of rotatable bonds is 6. The molecule has 0 amide bonds. The molecule has 0 radical (unpaired) electrons. The van der Waals surface area contributed by atoms with Gasteiger partial charge in [-0.05, 0) is 47.5 Å². The van der Waals surface area contributed by atoms with E-state index in [4.69, 9.17) is 4.74 Å². The first kappa shape index (κ1) is 14.9. The molecule has 0 aliphatic heterocycles. The molecule has 18 heavy (non-hydrogen) atoms. The first-order valence-electron chi connectivity index (χ1n) is 6.30.